The van der Waals surface area contributed by atoms with Crippen LogP contribution in [0.4, 0.5) is 0 Å². The van der Waals surface area contributed by atoms with E-state index < -0.39 is 5.79 Å². The van der Waals surface area contributed by atoms with E-state index in [1.165, 1.54) is 0 Å². The van der Waals surface area contributed by atoms with E-state index in [1.54, 1.807) is 6.07 Å². The molecular weight excluding hydrogens is 440 g/mol. The molecule has 1 aliphatic rings. The first-order chi connectivity index (χ1) is 16.8. The number of benzene rings is 3. The van der Waals surface area contributed by atoms with Crippen molar-refractivity contribution in [2.45, 2.75) is 52.1 Å². The Kier molecular flexibility index (Phi) is 7.89. The summed E-state index contributed by atoms with van der Waals surface area (Å²) in [5.41, 5.74) is 2.64. The fourth-order valence-corrected chi connectivity index (χ4v) is 4.15. The first-order valence-electron chi connectivity index (χ1n) is 12.2. The van der Waals surface area contributed by atoms with Gasteiger partial charge in [-0.2, -0.15) is 0 Å². The Hall–Kier alpha value is -3.15. The van der Waals surface area contributed by atoms with Crippen LogP contribution in [0.2, 0.25) is 0 Å². The van der Waals surface area contributed by atoms with E-state index in [9.17, 15) is 4.79 Å². The summed E-state index contributed by atoms with van der Waals surface area (Å²) >= 11 is 0. The summed E-state index contributed by atoms with van der Waals surface area (Å²) in [6, 6.07) is 25.6. The molecule has 1 heterocycles. The Balaban J connectivity index is 1.61. The molecule has 0 amide bonds. The smallest absolute Gasteiger partial charge is 0.166 e. The molecule has 4 rings (SSSR count). The van der Waals surface area contributed by atoms with Crippen LogP contribution in [0.3, 0.4) is 0 Å². The summed E-state index contributed by atoms with van der Waals surface area (Å²) in [6.45, 7) is 8.56. The summed E-state index contributed by atoms with van der Waals surface area (Å²) in [5, 5.41) is 0. The van der Waals surface area contributed by atoms with Crippen molar-refractivity contribution in [2.75, 3.05) is 13.2 Å². The number of ether oxygens (including phenoxy) is 4. The van der Waals surface area contributed by atoms with E-state index in [-0.39, 0.29) is 30.5 Å². The zero-order chi connectivity index (χ0) is 24.8. The molecule has 1 atom stereocenters. The van der Waals surface area contributed by atoms with E-state index in [1.807, 2.05) is 76.2 Å². The summed E-state index contributed by atoms with van der Waals surface area (Å²) in [6.07, 6.45) is -0.0534. The SMILES string of the molecule is CC(C)CC(=O)c1ccc(OC(c2ccccc2)c2ccccc2)cc1OC[C@H]1COC(C)(C)O1. The maximum absolute atomic E-state index is 13.0. The highest BCUT2D eigenvalue weighted by Crippen LogP contribution is 2.33. The second-order valence-corrected chi connectivity index (χ2v) is 9.76. The maximum Gasteiger partial charge on any atom is 0.166 e. The van der Waals surface area contributed by atoms with Crippen LogP contribution < -0.4 is 9.47 Å². The van der Waals surface area contributed by atoms with Crippen molar-refractivity contribution in [3.05, 3.63) is 95.6 Å². The van der Waals surface area contributed by atoms with Crippen LogP contribution in [0, 0.1) is 5.92 Å². The first kappa shape index (κ1) is 25.0. The molecule has 1 aliphatic heterocycles. The average molecular weight is 475 g/mol. The van der Waals surface area contributed by atoms with Gasteiger partial charge in [0.15, 0.2) is 11.6 Å². The molecule has 35 heavy (non-hydrogen) atoms. The molecule has 0 bridgehead atoms. The number of carbonyl (C=O) groups excluding carboxylic acids is 1. The van der Waals surface area contributed by atoms with Gasteiger partial charge in [-0.05, 0) is 43.0 Å². The Labute approximate surface area is 208 Å². The van der Waals surface area contributed by atoms with E-state index in [0.29, 0.717) is 30.1 Å². The molecule has 3 aromatic rings. The van der Waals surface area contributed by atoms with Crippen molar-refractivity contribution in [3.8, 4) is 11.5 Å². The third kappa shape index (κ3) is 6.71. The fourth-order valence-electron chi connectivity index (χ4n) is 4.15. The predicted molar refractivity (Wildman–Crippen MR) is 136 cm³/mol. The zero-order valence-corrected chi connectivity index (χ0v) is 20.9. The third-order valence-corrected chi connectivity index (χ3v) is 5.80. The summed E-state index contributed by atoms with van der Waals surface area (Å²) in [5.74, 6) is 0.796. The largest absolute Gasteiger partial charge is 0.490 e. The maximum atomic E-state index is 13.0. The van der Waals surface area contributed by atoms with Gasteiger partial charge in [0, 0.05) is 12.5 Å². The molecule has 184 valence electrons. The number of Topliss-reactive ketones (excluding diaryl/α,β-unsaturated/α-hetero) is 1. The molecule has 0 unspecified atom stereocenters. The highest BCUT2D eigenvalue weighted by Gasteiger charge is 2.33. The van der Waals surface area contributed by atoms with Crippen LogP contribution in [-0.2, 0) is 9.47 Å². The van der Waals surface area contributed by atoms with Crippen LogP contribution in [0.1, 0.15) is 61.7 Å². The molecule has 1 saturated heterocycles. The highest BCUT2D eigenvalue weighted by atomic mass is 16.7. The third-order valence-electron chi connectivity index (χ3n) is 5.80. The monoisotopic (exact) mass is 474 g/mol. The van der Waals surface area contributed by atoms with Gasteiger partial charge in [-0.15, -0.1) is 0 Å². The van der Waals surface area contributed by atoms with Crippen molar-refractivity contribution in [2.24, 2.45) is 5.92 Å². The molecule has 3 aromatic carbocycles. The second kappa shape index (κ2) is 11.1. The topological polar surface area (TPSA) is 54.0 Å². The number of hydrogen-bond donors (Lipinski definition) is 0. The number of ketones is 1. The predicted octanol–water partition coefficient (Wildman–Crippen LogP) is 6.61. The Morgan fingerprint density at radius 1 is 0.971 bits per heavy atom. The molecule has 5 nitrogen and oxygen atoms in total. The van der Waals surface area contributed by atoms with Crippen molar-refractivity contribution in [3.63, 3.8) is 0 Å². The van der Waals surface area contributed by atoms with Gasteiger partial charge in [0.1, 0.15) is 30.3 Å². The number of hydrogen-bond acceptors (Lipinski definition) is 5. The molecule has 0 aromatic heterocycles. The summed E-state index contributed by atoms with van der Waals surface area (Å²) < 4.78 is 24.2. The lowest BCUT2D eigenvalue weighted by molar-refractivity contribution is -0.141. The highest BCUT2D eigenvalue weighted by molar-refractivity contribution is 5.99. The lowest BCUT2D eigenvalue weighted by Gasteiger charge is -2.22. The summed E-state index contributed by atoms with van der Waals surface area (Å²) in [7, 11) is 0. The molecule has 1 fully saturated rings. The first-order valence-corrected chi connectivity index (χ1v) is 12.2. The average Bonchev–Trinajstić information content (AvgIpc) is 3.20. The zero-order valence-electron chi connectivity index (χ0n) is 20.9. The van der Waals surface area contributed by atoms with Gasteiger partial charge in [0.25, 0.3) is 0 Å². The minimum atomic E-state index is -0.631. The standard InChI is InChI=1S/C30H34O5/c1-21(2)17-27(31)26-16-15-24(18-28(26)32-19-25-20-33-30(3,4)35-25)34-29(22-11-7-5-8-12-22)23-13-9-6-10-14-23/h5-16,18,21,25,29H,17,19-20H2,1-4H3/t25-/m0/s1. The second-order valence-electron chi connectivity index (χ2n) is 9.76. The van der Waals surface area contributed by atoms with Crippen molar-refractivity contribution < 1.29 is 23.7 Å². The molecule has 0 N–H and O–H groups in total. The van der Waals surface area contributed by atoms with Crippen LogP contribution in [0.25, 0.3) is 0 Å². The Morgan fingerprint density at radius 3 is 2.14 bits per heavy atom. The van der Waals surface area contributed by atoms with E-state index in [2.05, 4.69) is 24.3 Å². The van der Waals surface area contributed by atoms with Crippen LogP contribution in [0.5, 0.6) is 11.5 Å². The van der Waals surface area contributed by atoms with Gasteiger partial charge in [0.2, 0.25) is 0 Å². The van der Waals surface area contributed by atoms with Gasteiger partial charge < -0.3 is 18.9 Å². The van der Waals surface area contributed by atoms with Crippen LogP contribution >= 0.6 is 0 Å². The minimum absolute atomic E-state index is 0.0492. The van der Waals surface area contributed by atoms with Crippen molar-refractivity contribution >= 4 is 5.78 Å². The minimum Gasteiger partial charge on any atom is -0.490 e. The molecule has 0 radical (unpaired) electrons. The van der Waals surface area contributed by atoms with Crippen molar-refractivity contribution in [1.82, 2.24) is 0 Å². The van der Waals surface area contributed by atoms with E-state index in [0.717, 1.165) is 11.1 Å². The van der Waals surface area contributed by atoms with E-state index in [4.69, 9.17) is 18.9 Å². The summed E-state index contributed by atoms with van der Waals surface area (Å²) in [4.78, 5) is 13.0. The Bertz CT molecular complexity index is 1070. The molecule has 0 aliphatic carbocycles. The van der Waals surface area contributed by atoms with E-state index >= 15 is 0 Å². The quantitative estimate of drug-likeness (QED) is 0.309. The van der Waals surface area contributed by atoms with Crippen molar-refractivity contribution in [1.29, 1.82) is 0 Å². The molecule has 0 saturated carbocycles. The molecule has 5 heteroatoms. The lowest BCUT2D eigenvalue weighted by Crippen LogP contribution is -2.25. The molecule has 0 spiro atoms. The fraction of sp³-hybridized carbons (Fsp3) is 0.367. The van der Waals surface area contributed by atoms with Gasteiger partial charge in [-0.25, -0.2) is 0 Å². The normalized spacial score (nSPS) is 17.0. The van der Waals surface area contributed by atoms with Gasteiger partial charge in [-0.3, -0.25) is 4.79 Å². The van der Waals surface area contributed by atoms with Gasteiger partial charge >= 0.3 is 0 Å². The van der Waals surface area contributed by atoms with Gasteiger partial charge in [0.05, 0.1) is 12.2 Å². The van der Waals surface area contributed by atoms with Crippen LogP contribution in [-0.4, -0.2) is 30.9 Å². The van der Waals surface area contributed by atoms with Gasteiger partial charge in [-0.1, -0.05) is 74.5 Å². The number of rotatable bonds is 10. The van der Waals surface area contributed by atoms with Crippen LogP contribution in [0.15, 0.2) is 78.9 Å². The molecular formula is C30H34O5. The number of carbonyl (C=O) groups is 1. The Morgan fingerprint density at radius 2 is 1.60 bits per heavy atom. The lowest BCUT2D eigenvalue weighted by atomic mass is 10.00.